The highest BCUT2D eigenvalue weighted by Crippen LogP contribution is 2.31. The van der Waals surface area contributed by atoms with E-state index in [1.165, 1.54) is 35.3 Å². The monoisotopic (exact) mass is 198 g/mol. The minimum Gasteiger partial charge on any atom is -0.461 e. The number of hydrogen-bond donors (Lipinski definition) is 0. The first-order valence-electron chi connectivity index (χ1n) is 5.51. The summed E-state index contributed by atoms with van der Waals surface area (Å²) >= 11 is 0. The standard InChI is InChI=1S/C14H14O/c1-10-5-7-11(8-6-10)14-9-12-3-2-4-13(12)15-14/h5-9H,2-4H2,1H3. The third-order valence-electron chi connectivity index (χ3n) is 3.08. The van der Waals surface area contributed by atoms with Gasteiger partial charge in [0.05, 0.1) is 0 Å². The van der Waals surface area contributed by atoms with E-state index in [-0.39, 0.29) is 0 Å². The lowest BCUT2D eigenvalue weighted by Crippen LogP contribution is -1.76. The molecule has 15 heavy (non-hydrogen) atoms. The van der Waals surface area contributed by atoms with Gasteiger partial charge in [0.1, 0.15) is 11.5 Å². The van der Waals surface area contributed by atoms with Crippen LogP contribution in [0.1, 0.15) is 23.3 Å². The molecule has 1 aliphatic carbocycles. The zero-order valence-electron chi connectivity index (χ0n) is 8.92. The van der Waals surface area contributed by atoms with Crippen LogP contribution in [-0.2, 0) is 12.8 Å². The van der Waals surface area contributed by atoms with E-state index in [0.717, 1.165) is 12.2 Å². The maximum atomic E-state index is 5.85. The van der Waals surface area contributed by atoms with Gasteiger partial charge in [-0.3, -0.25) is 0 Å². The number of rotatable bonds is 1. The molecule has 0 bridgehead atoms. The first-order chi connectivity index (χ1) is 7.33. The fourth-order valence-electron chi connectivity index (χ4n) is 2.19. The van der Waals surface area contributed by atoms with Crippen LogP contribution in [0.4, 0.5) is 0 Å². The van der Waals surface area contributed by atoms with Crippen LogP contribution in [0.25, 0.3) is 11.3 Å². The van der Waals surface area contributed by atoms with Crippen LogP contribution in [0, 0.1) is 6.92 Å². The second-order valence-electron chi connectivity index (χ2n) is 4.28. The van der Waals surface area contributed by atoms with Gasteiger partial charge in [-0.05, 0) is 31.4 Å². The Balaban J connectivity index is 2.02. The summed E-state index contributed by atoms with van der Waals surface area (Å²) < 4.78 is 5.85. The van der Waals surface area contributed by atoms with Crippen LogP contribution in [0.5, 0.6) is 0 Å². The lowest BCUT2D eigenvalue weighted by atomic mass is 10.1. The summed E-state index contributed by atoms with van der Waals surface area (Å²) in [6.45, 7) is 2.10. The summed E-state index contributed by atoms with van der Waals surface area (Å²) in [5, 5.41) is 0. The second kappa shape index (κ2) is 3.27. The van der Waals surface area contributed by atoms with Crippen molar-refractivity contribution in [2.45, 2.75) is 26.2 Å². The summed E-state index contributed by atoms with van der Waals surface area (Å²) in [6, 6.07) is 10.7. The van der Waals surface area contributed by atoms with Gasteiger partial charge in [-0.25, -0.2) is 0 Å². The normalized spacial score (nSPS) is 14.2. The Morgan fingerprint density at radius 1 is 1.07 bits per heavy atom. The van der Waals surface area contributed by atoms with Gasteiger partial charge in [0, 0.05) is 12.0 Å². The van der Waals surface area contributed by atoms with E-state index in [2.05, 4.69) is 37.3 Å². The molecule has 0 N–H and O–H groups in total. The van der Waals surface area contributed by atoms with Crippen molar-refractivity contribution in [1.29, 1.82) is 0 Å². The summed E-state index contributed by atoms with van der Waals surface area (Å²) in [6.07, 6.45) is 3.55. The van der Waals surface area contributed by atoms with Crippen LogP contribution >= 0.6 is 0 Å². The van der Waals surface area contributed by atoms with Crippen LogP contribution in [0.15, 0.2) is 34.7 Å². The van der Waals surface area contributed by atoms with E-state index >= 15 is 0 Å². The topological polar surface area (TPSA) is 13.1 Å². The Morgan fingerprint density at radius 2 is 1.87 bits per heavy atom. The minimum absolute atomic E-state index is 1.03. The van der Waals surface area contributed by atoms with Gasteiger partial charge in [0.25, 0.3) is 0 Å². The number of furan rings is 1. The van der Waals surface area contributed by atoms with Crippen molar-refractivity contribution in [3.63, 3.8) is 0 Å². The molecule has 0 unspecified atom stereocenters. The second-order valence-corrected chi connectivity index (χ2v) is 4.28. The van der Waals surface area contributed by atoms with Crippen LogP contribution in [0.2, 0.25) is 0 Å². The number of aryl methyl sites for hydroxylation is 3. The van der Waals surface area contributed by atoms with Crippen molar-refractivity contribution in [3.05, 3.63) is 47.2 Å². The molecule has 1 heterocycles. The molecule has 1 heteroatoms. The van der Waals surface area contributed by atoms with Crippen molar-refractivity contribution in [2.24, 2.45) is 0 Å². The molecule has 1 nitrogen and oxygen atoms in total. The molecule has 0 atom stereocenters. The molecular weight excluding hydrogens is 184 g/mol. The highest BCUT2D eigenvalue weighted by atomic mass is 16.3. The number of benzene rings is 1. The van der Waals surface area contributed by atoms with E-state index in [1.54, 1.807) is 0 Å². The van der Waals surface area contributed by atoms with Crippen LogP contribution in [0.3, 0.4) is 0 Å². The molecule has 0 fully saturated rings. The highest BCUT2D eigenvalue weighted by molar-refractivity contribution is 5.59. The summed E-state index contributed by atoms with van der Waals surface area (Å²) in [4.78, 5) is 0. The molecule has 1 aromatic heterocycles. The predicted molar refractivity (Wildman–Crippen MR) is 60.9 cm³/mol. The van der Waals surface area contributed by atoms with Crippen LogP contribution < -0.4 is 0 Å². The zero-order valence-corrected chi connectivity index (χ0v) is 8.92. The molecule has 0 spiro atoms. The van der Waals surface area contributed by atoms with Crippen molar-refractivity contribution in [3.8, 4) is 11.3 Å². The van der Waals surface area contributed by atoms with Gasteiger partial charge >= 0.3 is 0 Å². The molecule has 0 saturated carbocycles. The van der Waals surface area contributed by atoms with Crippen molar-refractivity contribution >= 4 is 0 Å². The lowest BCUT2D eigenvalue weighted by molar-refractivity contribution is 0.529. The molecule has 0 saturated heterocycles. The fraction of sp³-hybridized carbons (Fsp3) is 0.286. The first kappa shape index (κ1) is 8.78. The Labute approximate surface area is 89.7 Å². The van der Waals surface area contributed by atoms with E-state index in [4.69, 9.17) is 4.42 Å². The Morgan fingerprint density at radius 3 is 2.60 bits per heavy atom. The molecule has 1 aliphatic rings. The molecule has 0 aliphatic heterocycles. The van der Waals surface area contributed by atoms with E-state index in [0.29, 0.717) is 0 Å². The maximum Gasteiger partial charge on any atom is 0.134 e. The molecule has 76 valence electrons. The summed E-state index contributed by atoms with van der Waals surface area (Å²) in [7, 11) is 0. The number of fused-ring (bicyclic) bond motifs is 1. The van der Waals surface area contributed by atoms with Gasteiger partial charge in [0.15, 0.2) is 0 Å². The van der Waals surface area contributed by atoms with Gasteiger partial charge in [-0.1, -0.05) is 29.8 Å². The smallest absolute Gasteiger partial charge is 0.134 e. The Hall–Kier alpha value is -1.50. The minimum atomic E-state index is 1.03. The molecule has 0 amide bonds. The van der Waals surface area contributed by atoms with Crippen molar-refractivity contribution in [2.75, 3.05) is 0 Å². The molecular formula is C14H14O. The van der Waals surface area contributed by atoms with Crippen molar-refractivity contribution < 1.29 is 4.42 Å². The first-order valence-corrected chi connectivity index (χ1v) is 5.51. The summed E-state index contributed by atoms with van der Waals surface area (Å²) in [5.41, 5.74) is 3.89. The Kier molecular flexibility index (Phi) is 1.91. The van der Waals surface area contributed by atoms with Crippen LogP contribution in [-0.4, -0.2) is 0 Å². The molecule has 1 aromatic carbocycles. The quantitative estimate of drug-likeness (QED) is 0.680. The van der Waals surface area contributed by atoms with Crippen molar-refractivity contribution in [1.82, 2.24) is 0 Å². The predicted octanol–water partition coefficient (Wildman–Crippen LogP) is 3.74. The maximum absolute atomic E-state index is 5.85. The zero-order chi connectivity index (χ0) is 10.3. The SMILES string of the molecule is Cc1ccc(-c2cc3c(o2)CCC3)cc1. The summed E-state index contributed by atoms with van der Waals surface area (Å²) in [5.74, 6) is 2.23. The Bertz CT molecular complexity index is 455. The lowest BCUT2D eigenvalue weighted by Gasteiger charge is -1.97. The molecule has 0 radical (unpaired) electrons. The van der Waals surface area contributed by atoms with Gasteiger partial charge in [-0.2, -0.15) is 0 Å². The third-order valence-corrected chi connectivity index (χ3v) is 3.08. The average Bonchev–Trinajstić information content (AvgIpc) is 2.78. The molecule has 2 aromatic rings. The fourth-order valence-corrected chi connectivity index (χ4v) is 2.19. The van der Waals surface area contributed by atoms with E-state index in [1.807, 2.05) is 0 Å². The average molecular weight is 198 g/mol. The van der Waals surface area contributed by atoms with Gasteiger partial charge in [0.2, 0.25) is 0 Å². The largest absolute Gasteiger partial charge is 0.461 e. The van der Waals surface area contributed by atoms with Gasteiger partial charge in [-0.15, -0.1) is 0 Å². The van der Waals surface area contributed by atoms with E-state index in [9.17, 15) is 0 Å². The molecule has 3 rings (SSSR count). The van der Waals surface area contributed by atoms with Gasteiger partial charge < -0.3 is 4.42 Å². The van der Waals surface area contributed by atoms with E-state index < -0.39 is 0 Å². The highest BCUT2D eigenvalue weighted by Gasteiger charge is 2.17. The number of hydrogen-bond acceptors (Lipinski definition) is 1. The third kappa shape index (κ3) is 1.48.